The summed E-state index contributed by atoms with van der Waals surface area (Å²) in [6.45, 7) is 4.71. The molecular weight excluding hydrogens is 256 g/mol. The van der Waals surface area contributed by atoms with Crippen LogP contribution in [0, 0.1) is 0 Å². The lowest BCUT2D eigenvalue weighted by Gasteiger charge is -2.32. The molecule has 1 aliphatic heterocycles. The molecule has 1 saturated heterocycles. The Morgan fingerprint density at radius 2 is 2.00 bits per heavy atom. The van der Waals surface area contributed by atoms with E-state index in [2.05, 4.69) is 29.3 Å². The summed E-state index contributed by atoms with van der Waals surface area (Å²) in [5, 5.41) is 4.45. The van der Waals surface area contributed by atoms with Crippen LogP contribution in [0.4, 0.5) is 0 Å². The van der Waals surface area contributed by atoms with E-state index in [0.29, 0.717) is 12.1 Å². The van der Waals surface area contributed by atoms with E-state index in [1.165, 1.54) is 44.3 Å². The zero-order valence-electron chi connectivity index (χ0n) is 11.6. The van der Waals surface area contributed by atoms with Crippen molar-refractivity contribution in [2.75, 3.05) is 13.1 Å². The van der Waals surface area contributed by atoms with Crippen molar-refractivity contribution >= 4 is 11.6 Å². The first-order valence-electron chi connectivity index (χ1n) is 7.48. The molecule has 1 aliphatic carbocycles. The highest BCUT2D eigenvalue weighted by atomic mass is 35.5. The Hall–Kier alpha value is -0.570. The van der Waals surface area contributed by atoms with Gasteiger partial charge in [0.2, 0.25) is 0 Å². The minimum atomic E-state index is 0.493. The first kappa shape index (κ1) is 13.4. The minimum absolute atomic E-state index is 0.493. The van der Waals surface area contributed by atoms with Gasteiger partial charge in [0.25, 0.3) is 0 Å². The quantitative estimate of drug-likeness (QED) is 0.885. The highest BCUT2D eigenvalue weighted by Gasteiger charge is 2.34. The minimum Gasteiger partial charge on any atom is -0.313 e. The third-order valence-electron chi connectivity index (χ3n) is 4.46. The maximum atomic E-state index is 5.98. The maximum absolute atomic E-state index is 5.98. The van der Waals surface area contributed by atoms with Gasteiger partial charge in [-0.05, 0) is 56.8 Å². The zero-order chi connectivity index (χ0) is 13.2. The average molecular weight is 279 g/mol. The highest BCUT2D eigenvalue weighted by Crippen LogP contribution is 2.35. The van der Waals surface area contributed by atoms with E-state index < -0.39 is 0 Å². The molecule has 2 atom stereocenters. The van der Waals surface area contributed by atoms with Gasteiger partial charge >= 0.3 is 0 Å². The summed E-state index contributed by atoms with van der Waals surface area (Å²) < 4.78 is 0. The summed E-state index contributed by atoms with van der Waals surface area (Å²) in [5.74, 6) is 0. The van der Waals surface area contributed by atoms with Crippen LogP contribution in [0.15, 0.2) is 24.3 Å². The van der Waals surface area contributed by atoms with Crippen molar-refractivity contribution in [1.82, 2.24) is 10.2 Å². The summed E-state index contributed by atoms with van der Waals surface area (Å²) in [5.41, 5.74) is 1.38. The molecule has 2 nitrogen and oxygen atoms in total. The van der Waals surface area contributed by atoms with Crippen LogP contribution >= 0.6 is 11.6 Å². The molecule has 0 bridgehead atoms. The smallest absolute Gasteiger partial charge is 0.0406 e. The molecule has 1 saturated carbocycles. The van der Waals surface area contributed by atoms with E-state index in [0.717, 1.165) is 11.1 Å². The lowest BCUT2D eigenvalue weighted by molar-refractivity contribution is 0.182. The summed E-state index contributed by atoms with van der Waals surface area (Å²) in [6, 6.07) is 10.3. The molecule has 104 valence electrons. The molecule has 0 aromatic heterocycles. The summed E-state index contributed by atoms with van der Waals surface area (Å²) >= 11 is 5.98. The van der Waals surface area contributed by atoms with Crippen molar-refractivity contribution in [2.45, 2.75) is 50.7 Å². The first-order chi connectivity index (χ1) is 9.24. The zero-order valence-corrected chi connectivity index (χ0v) is 12.4. The second kappa shape index (κ2) is 5.82. The topological polar surface area (TPSA) is 15.3 Å². The van der Waals surface area contributed by atoms with Gasteiger partial charge in [-0.3, -0.25) is 4.90 Å². The molecule has 3 heteroatoms. The molecule has 0 amide bonds. The van der Waals surface area contributed by atoms with Crippen molar-refractivity contribution in [3.05, 3.63) is 34.9 Å². The number of hydrogen-bond acceptors (Lipinski definition) is 2. The van der Waals surface area contributed by atoms with Crippen LogP contribution in [0.2, 0.25) is 5.02 Å². The lowest BCUT2D eigenvalue weighted by Crippen LogP contribution is -2.40. The maximum Gasteiger partial charge on any atom is 0.0406 e. The van der Waals surface area contributed by atoms with Crippen LogP contribution in [-0.4, -0.2) is 30.1 Å². The van der Waals surface area contributed by atoms with E-state index in [1.54, 1.807) is 0 Å². The van der Waals surface area contributed by atoms with Crippen LogP contribution in [0.25, 0.3) is 0 Å². The van der Waals surface area contributed by atoms with Crippen molar-refractivity contribution in [2.24, 2.45) is 0 Å². The van der Waals surface area contributed by atoms with E-state index >= 15 is 0 Å². The Labute approximate surface area is 121 Å². The third kappa shape index (κ3) is 3.31. The molecule has 2 fully saturated rings. The number of benzene rings is 1. The predicted octanol–water partition coefficient (Wildman–Crippen LogP) is 3.62. The molecular formula is C16H23ClN2. The van der Waals surface area contributed by atoms with Crippen LogP contribution in [0.3, 0.4) is 0 Å². The summed E-state index contributed by atoms with van der Waals surface area (Å²) in [7, 11) is 0. The second-order valence-electron chi connectivity index (χ2n) is 5.95. The Kier molecular flexibility index (Phi) is 4.11. The molecule has 19 heavy (non-hydrogen) atoms. The van der Waals surface area contributed by atoms with Crippen molar-refractivity contribution in [3.8, 4) is 0 Å². The van der Waals surface area contributed by atoms with Gasteiger partial charge in [-0.25, -0.2) is 0 Å². The molecule has 1 heterocycles. The second-order valence-corrected chi connectivity index (χ2v) is 6.39. The Morgan fingerprint density at radius 1 is 1.26 bits per heavy atom. The molecule has 2 unspecified atom stereocenters. The van der Waals surface area contributed by atoms with Crippen molar-refractivity contribution in [1.29, 1.82) is 0 Å². The SMILES string of the molecule is CC(c1ccc(Cl)cc1)N(CC1CCCN1)C1CC1. The fourth-order valence-electron chi connectivity index (χ4n) is 3.13. The molecule has 1 N–H and O–H groups in total. The Morgan fingerprint density at radius 3 is 2.58 bits per heavy atom. The highest BCUT2D eigenvalue weighted by molar-refractivity contribution is 6.30. The van der Waals surface area contributed by atoms with E-state index in [9.17, 15) is 0 Å². The first-order valence-corrected chi connectivity index (χ1v) is 7.86. The molecule has 0 radical (unpaired) electrons. The summed E-state index contributed by atoms with van der Waals surface area (Å²) in [6.07, 6.45) is 5.39. The van der Waals surface area contributed by atoms with Crippen molar-refractivity contribution < 1.29 is 0 Å². The van der Waals surface area contributed by atoms with Gasteiger partial charge in [-0.1, -0.05) is 23.7 Å². The van der Waals surface area contributed by atoms with Gasteiger partial charge in [0.05, 0.1) is 0 Å². The lowest BCUT2D eigenvalue weighted by atomic mass is 10.1. The molecule has 1 aromatic rings. The number of nitrogens with one attached hydrogen (secondary N) is 1. The predicted molar refractivity (Wildman–Crippen MR) is 80.6 cm³/mol. The average Bonchev–Trinajstić information content (AvgIpc) is 3.13. The van der Waals surface area contributed by atoms with Gasteiger partial charge in [0, 0.05) is 29.7 Å². The normalized spacial score (nSPS) is 24.9. The van der Waals surface area contributed by atoms with E-state index in [-0.39, 0.29) is 0 Å². The summed E-state index contributed by atoms with van der Waals surface area (Å²) in [4.78, 5) is 2.69. The number of halogens is 1. The third-order valence-corrected chi connectivity index (χ3v) is 4.71. The Balaban J connectivity index is 1.69. The molecule has 3 rings (SSSR count). The standard InChI is InChI=1S/C16H23ClN2/c1-12(13-4-6-14(17)7-5-13)19(16-8-9-16)11-15-3-2-10-18-15/h4-7,12,15-16,18H,2-3,8-11H2,1H3. The molecule has 1 aromatic carbocycles. The fourth-order valence-corrected chi connectivity index (χ4v) is 3.26. The fraction of sp³-hybridized carbons (Fsp3) is 0.625. The van der Waals surface area contributed by atoms with Gasteiger partial charge < -0.3 is 5.32 Å². The largest absolute Gasteiger partial charge is 0.313 e. The van der Waals surface area contributed by atoms with Crippen LogP contribution in [-0.2, 0) is 0 Å². The molecule has 0 spiro atoms. The van der Waals surface area contributed by atoms with Gasteiger partial charge in [-0.2, -0.15) is 0 Å². The number of rotatable bonds is 5. The van der Waals surface area contributed by atoms with Crippen molar-refractivity contribution in [3.63, 3.8) is 0 Å². The van der Waals surface area contributed by atoms with Gasteiger partial charge in [-0.15, -0.1) is 0 Å². The number of nitrogens with zero attached hydrogens (tertiary/aromatic N) is 1. The number of hydrogen-bond donors (Lipinski definition) is 1. The monoisotopic (exact) mass is 278 g/mol. The van der Waals surface area contributed by atoms with Crippen LogP contribution in [0.1, 0.15) is 44.2 Å². The van der Waals surface area contributed by atoms with E-state index in [1.807, 2.05) is 12.1 Å². The Bertz CT molecular complexity index is 407. The van der Waals surface area contributed by atoms with Gasteiger partial charge in [0.15, 0.2) is 0 Å². The molecule has 2 aliphatic rings. The van der Waals surface area contributed by atoms with E-state index in [4.69, 9.17) is 11.6 Å². The van der Waals surface area contributed by atoms with Gasteiger partial charge in [0.1, 0.15) is 0 Å². The van der Waals surface area contributed by atoms with Crippen LogP contribution in [0.5, 0.6) is 0 Å². The van der Waals surface area contributed by atoms with Crippen LogP contribution < -0.4 is 5.32 Å².